The summed E-state index contributed by atoms with van der Waals surface area (Å²) in [5, 5.41) is 9.48. The molecule has 2 unspecified atom stereocenters. The molecule has 2 atom stereocenters. The molecular weight excluding hydrogens is 301 g/mol. The lowest BCUT2D eigenvalue weighted by Crippen LogP contribution is -2.56. The zero-order valence-electron chi connectivity index (χ0n) is 13.5. The average molecular weight is 326 g/mol. The maximum atomic E-state index is 12.2. The molecule has 1 fully saturated rings. The minimum atomic E-state index is -4.37. The lowest BCUT2D eigenvalue weighted by Gasteiger charge is -2.40. The fraction of sp³-hybridized carbons (Fsp3) is 0.929. The maximum absolute atomic E-state index is 12.2. The molecule has 1 aliphatic heterocycles. The van der Waals surface area contributed by atoms with Crippen molar-refractivity contribution in [3.63, 3.8) is 0 Å². The first-order valence-electron chi connectivity index (χ1n) is 7.34. The lowest BCUT2D eigenvalue weighted by molar-refractivity contribution is -0.155. The van der Waals surface area contributed by atoms with Crippen LogP contribution in [0.25, 0.3) is 0 Å². The van der Waals surface area contributed by atoms with Gasteiger partial charge in [0.05, 0.1) is 12.5 Å². The SMILES string of the molecule is CC1CN(CC(O)CC(F)(F)F)CCN1C(=O)OC(C)(C)C. The van der Waals surface area contributed by atoms with Crippen LogP contribution >= 0.6 is 0 Å². The van der Waals surface area contributed by atoms with Crippen molar-refractivity contribution in [2.24, 2.45) is 0 Å². The van der Waals surface area contributed by atoms with Crippen LogP contribution in [-0.2, 0) is 4.74 Å². The monoisotopic (exact) mass is 326 g/mol. The Labute approximate surface area is 129 Å². The molecule has 1 amide bonds. The fourth-order valence-corrected chi connectivity index (χ4v) is 2.42. The predicted molar refractivity (Wildman–Crippen MR) is 75.5 cm³/mol. The molecule has 5 nitrogen and oxygen atoms in total. The van der Waals surface area contributed by atoms with Crippen molar-refractivity contribution in [3.05, 3.63) is 0 Å². The van der Waals surface area contributed by atoms with E-state index in [1.54, 1.807) is 30.6 Å². The van der Waals surface area contributed by atoms with Crippen molar-refractivity contribution in [1.82, 2.24) is 9.80 Å². The van der Waals surface area contributed by atoms with Gasteiger partial charge < -0.3 is 14.7 Å². The number of aliphatic hydroxyl groups excluding tert-OH is 1. The molecule has 1 rings (SSSR count). The van der Waals surface area contributed by atoms with Gasteiger partial charge in [-0.1, -0.05) is 0 Å². The topological polar surface area (TPSA) is 53.0 Å². The summed E-state index contributed by atoms with van der Waals surface area (Å²) in [6.45, 7) is 8.29. The highest BCUT2D eigenvalue weighted by Crippen LogP contribution is 2.22. The van der Waals surface area contributed by atoms with E-state index in [1.165, 1.54) is 0 Å². The van der Waals surface area contributed by atoms with Crippen molar-refractivity contribution in [1.29, 1.82) is 0 Å². The Morgan fingerprint density at radius 1 is 1.32 bits per heavy atom. The van der Waals surface area contributed by atoms with Crippen LogP contribution in [0.4, 0.5) is 18.0 Å². The van der Waals surface area contributed by atoms with Gasteiger partial charge in [-0.05, 0) is 27.7 Å². The van der Waals surface area contributed by atoms with E-state index in [-0.39, 0.29) is 12.6 Å². The average Bonchev–Trinajstić information content (AvgIpc) is 2.23. The van der Waals surface area contributed by atoms with Gasteiger partial charge in [-0.25, -0.2) is 4.79 Å². The largest absolute Gasteiger partial charge is 0.444 e. The third-order valence-electron chi connectivity index (χ3n) is 3.28. The first kappa shape index (κ1) is 19.0. The number of halogens is 3. The highest BCUT2D eigenvalue weighted by molar-refractivity contribution is 5.68. The number of piperazine rings is 1. The molecule has 0 aliphatic carbocycles. The second-order valence-corrected chi connectivity index (χ2v) is 6.76. The van der Waals surface area contributed by atoms with Crippen molar-refractivity contribution < 1.29 is 27.8 Å². The normalized spacial score (nSPS) is 22.5. The Balaban J connectivity index is 2.47. The molecule has 0 spiro atoms. The summed E-state index contributed by atoms with van der Waals surface area (Å²) in [4.78, 5) is 15.3. The number of hydrogen-bond donors (Lipinski definition) is 1. The van der Waals surface area contributed by atoms with Gasteiger partial charge in [0, 0.05) is 32.2 Å². The number of ether oxygens (including phenoxy) is 1. The van der Waals surface area contributed by atoms with Gasteiger partial charge >= 0.3 is 12.3 Å². The minimum Gasteiger partial charge on any atom is -0.444 e. The maximum Gasteiger partial charge on any atom is 0.410 e. The number of alkyl halides is 3. The van der Waals surface area contributed by atoms with Gasteiger partial charge in [-0.3, -0.25) is 4.90 Å². The van der Waals surface area contributed by atoms with Gasteiger partial charge in [0.25, 0.3) is 0 Å². The summed E-state index contributed by atoms with van der Waals surface area (Å²) in [6.07, 6.45) is -7.45. The summed E-state index contributed by atoms with van der Waals surface area (Å²) in [6, 6.07) is -0.179. The van der Waals surface area contributed by atoms with Gasteiger partial charge in [-0.15, -0.1) is 0 Å². The second kappa shape index (κ2) is 7.04. The van der Waals surface area contributed by atoms with Gasteiger partial charge in [0.1, 0.15) is 5.60 Å². The fourth-order valence-electron chi connectivity index (χ4n) is 2.42. The zero-order chi connectivity index (χ0) is 17.1. The Kier molecular flexibility index (Phi) is 6.09. The van der Waals surface area contributed by atoms with Crippen molar-refractivity contribution in [2.75, 3.05) is 26.2 Å². The number of nitrogens with zero attached hydrogens (tertiary/aromatic N) is 2. The van der Waals surface area contributed by atoms with Crippen LogP contribution in [0, 0.1) is 0 Å². The van der Waals surface area contributed by atoms with E-state index in [9.17, 15) is 23.1 Å². The smallest absolute Gasteiger partial charge is 0.410 e. The van der Waals surface area contributed by atoms with E-state index >= 15 is 0 Å². The number of aliphatic hydroxyl groups is 1. The van der Waals surface area contributed by atoms with Crippen LogP contribution < -0.4 is 0 Å². The summed E-state index contributed by atoms with van der Waals surface area (Å²) < 4.78 is 41.9. The van der Waals surface area contributed by atoms with Crippen molar-refractivity contribution in [3.8, 4) is 0 Å². The summed E-state index contributed by atoms with van der Waals surface area (Å²) in [7, 11) is 0. The quantitative estimate of drug-likeness (QED) is 0.864. The predicted octanol–water partition coefficient (Wildman–Crippen LogP) is 2.24. The third-order valence-corrected chi connectivity index (χ3v) is 3.28. The molecule has 1 heterocycles. The van der Waals surface area contributed by atoms with E-state index in [2.05, 4.69) is 0 Å². The molecule has 1 aliphatic rings. The van der Waals surface area contributed by atoms with Gasteiger partial charge in [0.2, 0.25) is 0 Å². The van der Waals surface area contributed by atoms with Crippen LogP contribution in [-0.4, -0.2) is 71.1 Å². The van der Waals surface area contributed by atoms with Crippen LogP contribution in [0.2, 0.25) is 0 Å². The van der Waals surface area contributed by atoms with Crippen LogP contribution in [0.5, 0.6) is 0 Å². The van der Waals surface area contributed by atoms with Gasteiger partial charge in [0.15, 0.2) is 0 Å². The van der Waals surface area contributed by atoms with E-state index in [4.69, 9.17) is 4.74 Å². The summed E-state index contributed by atoms with van der Waals surface area (Å²) >= 11 is 0. The molecule has 0 saturated carbocycles. The molecular formula is C14H25F3N2O3. The second-order valence-electron chi connectivity index (χ2n) is 6.76. The van der Waals surface area contributed by atoms with E-state index in [1.807, 2.05) is 6.92 Å². The Hall–Kier alpha value is -1.02. The van der Waals surface area contributed by atoms with E-state index in [0.717, 1.165) is 0 Å². The van der Waals surface area contributed by atoms with Crippen LogP contribution in [0.1, 0.15) is 34.1 Å². The molecule has 22 heavy (non-hydrogen) atoms. The van der Waals surface area contributed by atoms with Crippen molar-refractivity contribution >= 4 is 6.09 Å². The molecule has 1 N–H and O–H groups in total. The molecule has 0 aromatic heterocycles. The molecule has 0 aromatic rings. The molecule has 1 saturated heterocycles. The summed E-state index contributed by atoms with van der Waals surface area (Å²) in [5.74, 6) is 0. The highest BCUT2D eigenvalue weighted by Gasteiger charge is 2.34. The number of rotatable bonds is 3. The van der Waals surface area contributed by atoms with Gasteiger partial charge in [-0.2, -0.15) is 13.2 Å². The first-order valence-corrected chi connectivity index (χ1v) is 7.34. The third kappa shape index (κ3) is 6.83. The Morgan fingerprint density at radius 2 is 1.91 bits per heavy atom. The molecule has 8 heteroatoms. The van der Waals surface area contributed by atoms with E-state index in [0.29, 0.717) is 19.6 Å². The zero-order valence-corrected chi connectivity index (χ0v) is 13.5. The van der Waals surface area contributed by atoms with Crippen LogP contribution in [0.15, 0.2) is 0 Å². The standard InChI is InChI=1S/C14H25F3N2O3/c1-10-8-18(9-11(20)7-14(15,16)17)5-6-19(10)12(21)22-13(2,3)4/h10-11,20H,5-9H2,1-4H3. The number of hydrogen-bond acceptors (Lipinski definition) is 4. The van der Waals surface area contributed by atoms with Crippen molar-refractivity contribution in [2.45, 2.75) is 58.0 Å². The highest BCUT2D eigenvalue weighted by atomic mass is 19.4. The summed E-state index contributed by atoms with van der Waals surface area (Å²) in [5.41, 5.74) is -0.586. The number of carbonyl (C=O) groups excluding carboxylic acids is 1. The Bertz CT molecular complexity index is 383. The lowest BCUT2D eigenvalue weighted by atomic mass is 10.1. The minimum absolute atomic E-state index is 0.0496. The van der Waals surface area contributed by atoms with Crippen LogP contribution in [0.3, 0.4) is 0 Å². The van der Waals surface area contributed by atoms with E-state index < -0.39 is 30.4 Å². The molecule has 130 valence electrons. The molecule has 0 aromatic carbocycles. The number of β-amino-alcohol motifs (C(OH)–C–C–N with tert-alkyl or cyclic N) is 1. The first-order chi connectivity index (χ1) is 9.87. The Morgan fingerprint density at radius 3 is 2.36 bits per heavy atom. The molecule has 0 bridgehead atoms. The number of carbonyl (C=O) groups is 1. The molecule has 0 radical (unpaired) electrons. The number of amides is 1.